The molecule has 0 radical (unpaired) electrons. The van der Waals surface area contributed by atoms with Gasteiger partial charge in [-0.25, -0.2) is 0 Å². The zero-order chi connectivity index (χ0) is 12.8. The number of nitrogens with zero attached hydrogens (tertiary/aromatic N) is 2. The lowest BCUT2D eigenvalue weighted by molar-refractivity contribution is -0.684. The molecular formula is C12H18ClN3O2. The fourth-order valence-corrected chi connectivity index (χ4v) is 1.62. The highest BCUT2D eigenvalue weighted by molar-refractivity contribution is 5.93. The lowest BCUT2D eigenvalue weighted by atomic mass is 10.2. The number of hydrogen-bond donors (Lipinski definition) is 1. The van der Waals surface area contributed by atoms with Gasteiger partial charge in [0.15, 0.2) is 12.4 Å². The van der Waals surface area contributed by atoms with Gasteiger partial charge in [-0.15, -0.1) is 0 Å². The first-order valence-corrected chi connectivity index (χ1v) is 5.65. The maximum absolute atomic E-state index is 12.0. The van der Waals surface area contributed by atoms with E-state index in [2.05, 4.69) is 0 Å². The van der Waals surface area contributed by atoms with Gasteiger partial charge in [0, 0.05) is 19.2 Å². The summed E-state index contributed by atoms with van der Waals surface area (Å²) in [5, 5.41) is 0. The average molecular weight is 272 g/mol. The summed E-state index contributed by atoms with van der Waals surface area (Å²) >= 11 is 0. The molecule has 0 atom stereocenters. The molecule has 0 saturated heterocycles. The molecule has 1 aromatic rings. The number of amides is 2. The molecule has 2 amide bonds. The standard InChI is InChI=1S/C12H17N3O2.ClH/c1-3-15(4-2)12(17)10-6-5-7-14(8-10)9-11(13)16;/h5-8H,3-4,9H2,1-2H3,(H-,13,16);1H. The largest absolute Gasteiger partial charge is 1.00 e. The highest BCUT2D eigenvalue weighted by atomic mass is 35.5. The molecule has 100 valence electrons. The van der Waals surface area contributed by atoms with E-state index in [0.29, 0.717) is 18.7 Å². The Kier molecular flexibility index (Phi) is 6.97. The number of pyridine rings is 1. The molecule has 1 heterocycles. The number of halogens is 1. The van der Waals surface area contributed by atoms with Crippen LogP contribution in [0.15, 0.2) is 24.5 Å². The molecule has 0 aromatic carbocycles. The molecule has 18 heavy (non-hydrogen) atoms. The molecule has 0 unspecified atom stereocenters. The summed E-state index contributed by atoms with van der Waals surface area (Å²) < 4.78 is 1.61. The minimum atomic E-state index is -0.428. The lowest BCUT2D eigenvalue weighted by Gasteiger charge is -2.17. The Bertz CT molecular complexity index is 420. The number of primary amides is 1. The second-order valence-electron chi connectivity index (χ2n) is 3.71. The maximum atomic E-state index is 12.0. The third-order valence-corrected chi connectivity index (χ3v) is 2.49. The van der Waals surface area contributed by atoms with Crippen molar-refractivity contribution in [3.8, 4) is 0 Å². The Labute approximate surface area is 113 Å². The van der Waals surface area contributed by atoms with Crippen LogP contribution in [0.1, 0.15) is 24.2 Å². The van der Waals surface area contributed by atoms with Crippen molar-refractivity contribution in [2.75, 3.05) is 13.1 Å². The topological polar surface area (TPSA) is 67.3 Å². The van der Waals surface area contributed by atoms with E-state index in [1.54, 1.807) is 34.0 Å². The summed E-state index contributed by atoms with van der Waals surface area (Å²) in [6.45, 7) is 5.28. The number of aromatic nitrogens is 1. The van der Waals surface area contributed by atoms with E-state index < -0.39 is 5.91 Å². The molecule has 0 aliphatic rings. The first-order chi connectivity index (χ1) is 8.08. The summed E-state index contributed by atoms with van der Waals surface area (Å²) in [6, 6.07) is 3.47. The van der Waals surface area contributed by atoms with Crippen LogP contribution in [0.25, 0.3) is 0 Å². The summed E-state index contributed by atoms with van der Waals surface area (Å²) in [4.78, 5) is 24.6. The smallest absolute Gasteiger partial charge is 0.283 e. The quantitative estimate of drug-likeness (QED) is 0.578. The molecule has 1 aromatic heterocycles. The highest BCUT2D eigenvalue weighted by Crippen LogP contribution is 2.01. The van der Waals surface area contributed by atoms with Crippen molar-refractivity contribution in [1.29, 1.82) is 0 Å². The molecule has 0 bridgehead atoms. The van der Waals surface area contributed by atoms with Crippen LogP contribution < -0.4 is 22.7 Å². The van der Waals surface area contributed by atoms with Gasteiger partial charge < -0.3 is 23.0 Å². The Balaban J connectivity index is 0.00000289. The maximum Gasteiger partial charge on any atom is 0.283 e. The van der Waals surface area contributed by atoms with Crippen molar-refractivity contribution in [3.05, 3.63) is 30.1 Å². The van der Waals surface area contributed by atoms with Crippen LogP contribution in [-0.4, -0.2) is 29.8 Å². The van der Waals surface area contributed by atoms with Gasteiger partial charge in [0.05, 0.1) is 0 Å². The van der Waals surface area contributed by atoms with Crippen molar-refractivity contribution < 1.29 is 26.6 Å². The van der Waals surface area contributed by atoms with Crippen molar-refractivity contribution in [1.82, 2.24) is 4.90 Å². The molecule has 0 aliphatic heterocycles. The molecule has 1 rings (SSSR count). The van der Waals surface area contributed by atoms with Crippen molar-refractivity contribution >= 4 is 11.8 Å². The second kappa shape index (κ2) is 7.66. The Morgan fingerprint density at radius 1 is 1.33 bits per heavy atom. The lowest BCUT2D eigenvalue weighted by Crippen LogP contribution is -3.00. The van der Waals surface area contributed by atoms with Gasteiger partial charge in [-0.05, 0) is 19.9 Å². The van der Waals surface area contributed by atoms with Gasteiger partial charge in [-0.3, -0.25) is 9.59 Å². The number of rotatable bonds is 5. The predicted octanol–water partition coefficient (Wildman–Crippen LogP) is -3.05. The minimum Gasteiger partial charge on any atom is -1.00 e. The molecule has 6 heteroatoms. The first-order valence-electron chi connectivity index (χ1n) is 5.65. The average Bonchev–Trinajstić information content (AvgIpc) is 2.30. The van der Waals surface area contributed by atoms with E-state index in [-0.39, 0.29) is 24.9 Å². The Hall–Kier alpha value is -1.62. The highest BCUT2D eigenvalue weighted by Gasteiger charge is 2.16. The van der Waals surface area contributed by atoms with E-state index in [4.69, 9.17) is 5.73 Å². The van der Waals surface area contributed by atoms with Gasteiger partial charge in [0.1, 0.15) is 5.56 Å². The van der Waals surface area contributed by atoms with Crippen LogP contribution in [0, 0.1) is 0 Å². The van der Waals surface area contributed by atoms with Gasteiger partial charge >= 0.3 is 0 Å². The summed E-state index contributed by atoms with van der Waals surface area (Å²) in [7, 11) is 0. The molecule has 0 aliphatic carbocycles. The minimum absolute atomic E-state index is 0. The predicted molar refractivity (Wildman–Crippen MR) is 63.1 cm³/mol. The second-order valence-corrected chi connectivity index (χ2v) is 3.71. The van der Waals surface area contributed by atoms with Crippen LogP contribution in [0.2, 0.25) is 0 Å². The third-order valence-electron chi connectivity index (χ3n) is 2.49. The van der Waals surface area contributed by atoms with Crippen molar-refractivity contribution in [3.63, 3.8) is 0 Å². The van der Waals surface area contributed by atoms with E-state index in [0.717, 1.165) is 0 Å². The third kappa shape index (κ3) is 4.33. The van der Waals surface area contributed by atoms with Crippen molar-refractivity contribution in [2.45, 2.75) is 20.4 Å². The van der Waals surface area contributed by atoms with Gasteiger partial charge in [0.25, 0.3) is 11.8 Å². The number of carbonyl (C=O) groups excluding carboxylic acids is 2. The zero-order valence-corrected chi connectivity index (χ0v) is 11.4. The SMILES string of the molecule is CCN(CC)C(=O)c1ccc[n+](CC(N)=O)c1.[Cl-]. The van der Waals surface area contributed by atoms with E-state index in [1.807, 2.05) is 13.8 Å². The zero-order valence-electron chi connectivity index (χ0n) is 10.6. The normalized spacial score (nSPS) is 9.44. The van der Waals surface area contributed by atoms with Gasteiger partial charge in [-0.2, -0.15) is 4.57 Å². The number of nitrogens with two attached hydrogens (primary N) is 1. The molecule has 0 saturated carbocycles. The van der Waals surface area contributed by atoms with E-state index in [9.17, 15) is 9.59 Å². The first kappa shape index (κ1) is 16.4. The van der Waals surface area contributed by atoms with E-state index in [1.165, 1.54) is 0 Å². The molecule has 0 spiro atoms. The molecule has 0 fully saturated rings. The van der Waals surface area contributed by atoms with E-state index >= 15 is 0 Å². The van der Waals surface area contributed by atoms with Crippen LogP contribution in [-0.2, 0) is 11.3 Å². The summed E-state index contributed by atoms with van der Waals surface area (Å²) in [6.07, 6.45) is 3.36. The molecule has 2 N–H and O–H groups in total. The Morgan fingerprint density at radius 3 is 2.44 bits per heavy atom. The fourth-order valence-electron chi connectivity index (χ4n) is 1.62. The monoisotopic (exact) mass is 271 g/mol. The molecule has 5 nitrogen and oxygen atoms in total. The Morgan fingerprint density at radius 2 is 1.94 bits per heavy atom. The van der Waals surface area contributed by atoms with Crippen LogP contribution in [0.5, 0.6) is 0 Å². The van der Waals surface area contributed by atoms with Crippen molar-refractivity contribution in [2.24, 2.45) is 5.73 Å². The van der Waals surface area contributed by atoms with Crippen LogP contribution >= 0.6 is 0 Å². The van der Waals surface area contributed by atoms with Gasteiger partial charge in [-0.1, -0.05) is 0 Å². The number of hydrogen-bond acceptors (Lipinski definition) is 2. The van der Waals surface area contributed by atoms with Crippen LogP contribution in [0.4, 0.5) is 0 Å². The fraction of sp³-hybridized carbons (Fsp3) is 0.417. The van der Waals surface area contributed by atoms with Crippen LogP contribution in [0.3, 0.4) is 0 Å². The summed E-state index contributed by atoms with van der Waals surface area (Å²) in [5.41, 5.74) is 5.67. The number of carbonyl (C=O) groups is 2. The summed E-state index contributed by atoms with van der Waals surface area (Å²) in [5.74, 6) is -0.462. The molecular weight excluding hydrogens is 254 g/mol. The van der Waals surface area contributed by atoms with Gasteiger partial charge in [0.2, 0.25) is 6.54 Å².